The highest BCUT2D eigenvalue weighted by Gasteiger charge is 1.98. The number of hydrogen-bond donors (Lipinski definition) is 1. The Balaban J connectivity index is 3.88. The van der Waals surface area contributed by atoms with Gasteiger partial charge in [-0.05, 0) is 30.6 Å². The highest BCUT2D eigenvalue weighted by molar-refractivity contribution is 5.21. The van der Waals surface area contributed by atoms with Crippen molar-refractivity contribution in [2.45, 2.75) is 72.1 Å². The Bertz CT molecular complexity index is 356. The molecule has 3 nitrogen and oxygen atoms in total. The standard InChI is InChI=1S/C19H34N2O/c1-5-6-7-8-9-10-11-12-15-22-19(16-17(2)3)14-13-18(4)21-20/h13-14,16-17,20H,4-12,15H2,1-3H3/b14-13-,19-16-,21-20?. The van der Waals surface area contributed by atoms with Crippen LogP contribution in [0.25, 0.3) is 0 Å². The smallest absolute Gasteiger partial charge is 0.115 e. The van der Waals surface area contributed by atoms with E-state index >= 15 is 0 Å². The van der Waals surface area contributed by atoms with Crippen LogP contribution >= 0.6 is 0 Å². The minimum absolute atomic E-state index is 0.430. The summed E-state index contributed by atoms with van der Waals surface area (Å²) in [5, 5.41) is 3.28. The van der Waals surface area contributed by atoms with E-state index in [1.54, 1.807) is 6.08 Å². The quantitative estimate of drug-likeness (QED) is 0.163. The molecular weight excluding hydrogens is 272 g/mol. The van der Waals surface area contributed by atoms with E-state index in [1.165, 1.54) is 44.9 Å². The van der Waals surface area contributed by atoms with Gasteiger partial charge in [0.2, 0.25) is 0 Å². The molecule has 0 bridgehead atoms. The number of hydrogen-bond acceptors (Lipinski definition) is 3. The van der Waals surface area contributed by atoms with Crippen molar-refractivity contribution in [1.29, 1.82) is 5.53 Å². The Morgan fingerprint density at radius 2 is 1.64 bits per heavy atom. The molecule has 0 aromatic heterocycles. The van der Waals surface area contributed by atoms with E-state index in [2.05, 4.69) is 38.5 Å². The molecular formula is C19H34N2O. The van der Waals surface area contributed by atoms with Crippen LogP contribution in [0.4, 0.5) is 0 Å². The molecule has 22 heavy (non-hydrogen) atoms. The van der Waals surface area contributed by atoms with Crippen molar-refractivity contribution in [3.63, 3.8) is 0 Å². The number of unbranched alkanes of at least 4 members (excludes halogenated alkanes) is 7. The van der Waals surface area contributed by atoms with E-state index in [-0.39, 0.29) is 0 Å². The molecule has 0 spiro atoms. The van der Waals surface area contributed by atoms with Gasteiger partial charge in [0.15, 0.2) is 0 Å². The molecule has 0 unspecified atom stereocenters. The first kappa shape index (κ1) is 20.6. The number of rotatable bonds is 14. The maximum Gasteiger partial charge on any atom is 0.115 e. The van der Waals surface area contributed by atoms with Crippen molar-refractivity contribution in [2.24, 2.45) is 11.0 Å². The van der Waals surface area contributed by atoms with Crippen LogP contribution in [0.5, 0.6) is 0 Å². The third-order valence-electron chi connectivity index (χ3n) is 3.35. The molecule has 0 aliphatic carbocycles. The van der Waals surface area contributed by atoms with Crippen molar-refractivity contribution < 1.29 is 4.74 Å². The first-order valence-corrected chi connectivity index (χ1v) is 8.69. The van der Waals surface area contributed by atoms with Crippen LogP contribution in [-0.2, 0) is 4.74 Å². The SMILES string of the molecule is C=C(/C=C\C(=C\C(C)C)OCCCCCCCCCC)N=N. The Labute approximate surface area is 137 Å². The van der Waals surface area contributed by atoms with Crippen molar-refractivity contribution in [3.05, 3.63) is 36.3 Å². The molecule has 0 rings (SSSR count). The van der Waals surface area contributed by atoms with Crippen LogP contribution < -0.4 is 0 Å². The van der Waals surface area contributed by atoms with Gasteiger partial charge in [0, 0.05) is 0 Å². The molecule has 0 aromatic carbocycles. The van der Waals surface area contributed by atoms with Crippen LogP contribution in [0.3, 0.4) is 0 Å². The summed E-state index contributed by atoms with van der Waals surface area (Å²) in [5.74, 6) is 1.28. The van der Waals surface area contributed by atoms with Gasteiger partial charge in [0.1, 0.15) is 5.76 Å². The van der Waals surface area contributed by atoms with Gasteiger partial charge in [0.25, 0.3) is 0 Å². The molecule has 0 fully saturated rings. The predicted octanol–water partition coefficient (Wildman–Crippen LogP) is 6.78. The summed E-state index contributed by atoms with van der Waals surface area (Å²) in [7, 11) is 0. The molecule has 0 saturated heterocycles. The van der Waals surface area contributed by atoms with E-state index in [1.807, 2.05) is 6.08 Å². The van der Waals surface area contributed by atoms with Crippen molar-refractivity contribution in [3.8, 4) is 0 Å². The van der Waals surface area contributed by atoms with Gasteiger partial charge >= 0.3 is 0 Å². The molecule has 3 heteroatoms. The van der Waals surface area contributed by atoms with Crippen LogP contribution in [0.15, 0.2) is 41.4 Å². The Morgan fingerprint density at radius 3 is 2.18 bits per heavy atom. The lowest BCUT2D eigenvalue weighted by molar-refractivity contribution is 0.214. The van der Waals surface area contributed by atoms with E-state index in [9.17, 15) is 0 Å². The van der Waals surface area contributed by atoms with E-state index in [0.717, 1.165) is 18.8 Å². The van der Waals surface area contributed by atoms with Gasteiger partial charge in [-0.2, -0.15) is 5.11 Å². The van der Waals surface area contributed by atoms with Crippen molar-refractivity contribution >= 4 is 0 Å². The van der Waals surface area contributed by atoms with Gasteiger partial charge < -0.3 is 4.74 Å². The first-order chi connectivity index (χ1) is 10.6. The number of nitrogens with one attached hydrogen (secondary N) is 1. The van der Waals surface area contributed by atoms with E-state index < -0.39 is 0 Å². The fourth-order valence-corrected chi connectivity index (χ4v) is 2.12. The van der Waals surface area contributed by atoms with Crippen LogP contribution in [0.1, 0.15) is 72.1 Å². The lowest BCUT2D eigenvalue weighted by atomic mass is 10.1. The lowest BCUT2D eigenvalue weighted by Crippen LogP contribution is -1.96. The number of ether oxygens (including phenoxy) is 1. The van der Waals surface area contributed by atoms with Crippen molar-refractivity contribution in [1.82, 2.24) is 0 Å². The summed E-state index contributed by atoms with van der Waals surface area (Å²) in [6.07, 6.45) is 16.1. The average molecular weight is 306 g/mol. The normalized spacial score (nSPS) is 12.1. The molecule has 0 saturated carbocycles. The monoisotopic (exact) mass is 306 g/mol. The van der Waals surface area contributed by atoms with Crippen LogP contribution in [-0.4, -0.2) is 6.61 Å². The zero-order valence-corrected chi connectivity index (χ0v) is 14.7. The summed E-state index contributed by atoms with van der Waals surface area (Å²) in [6.45, 7) is 10.9. The molecule has 0 heterocycles. The van der Waals surface area contributed by atoms with Gasteiger partial charge in [-0.3, -0.25) is 0 Å². The minimum Gasteiger partial charge on any atom is -0.494 e. The van der Waals surface area contributed by atoms with E-state index in [4.69, 9.17) is 10.3 Å². The highest BCUT2D eigenvalue weighted by atomic mass is 16.5. The molecule has 0 atom stereocenters. The summed E-state index contributed by atoms with van der Waals surface area (Å²) in [4.78, 5) is 0. The average Bonchev–Trinajstić information content (AvgIpc) is 2.49. The zero-order chi connectivity index (χ0) is 16.6. The Morgan fingerprint density at radius 1 is 1.05 bits per heavy atom. The Hall–Kier alpha value is -1.38. The molecule has 126 valence electrons. The summed E-state index contributed by atoms with van der Waals surface area (Å²) in [5.41, 5.74) is 7.32. The second kappa shape index (κ2) is 14.6. The molecule has 0 aliphatic heterocycles. The minimum atomic E-state index is 0.430. The highest BCUT2D eigenvalue weighted by Crippen LogP contribution is 2.11. The fraction of sp³-hybridized carbons (Fsp3) is 0.684. The second-order valence-corrected chi connectivity index (χ2v) is 6.07. The summed E-state index contributed by atoms with van der Waals surface area (Å²) < 4.78 is 5.82. The molecule has 0 radical (unpaired) electrons. The zero-order valence-electron chi connectivity index (χ0n) is 14.7. The largest absolute Gasteiger partial charge is 0.494 e. The lowest BCUT2D eigenvalue weighted by Gasteiger charge is -2.08. The Kier molecular flexibility index (Phi) is 13.6. The maximum atomic E-state index is 6.88. The van der Waals surface area contributed by atoms with Gasteiger partial charge in [-0.25, -0.2) is 5.53 Å². The van der Waals surface area contributed by atoms with Crippen LogP contribution in [0.2, 0.25) is 0 Å². The number of nitrogens with zero attached hydrogens (tertiary/aromatic N) is 1. The summed E-state index contributed by atoms with van der Waals surface area (Å²) >= 11 is 0. The third kappa shape index (κ3) is 13.6. The molecule has 0 aliphatic rings. The molecule has 0 amide bonds. The van der Waals surface area contributed by atoms with Crippen LogP contribution in [0, 0.1) is 11.4 Å². The molecule has 1 N–H and O–H groups in total. The van der Waals surface area contributed by atoms with Gasteiger partial charge in [-0.1, -0.05) is 72.3 Å². The maximum absolute atomic E-state index is 6.88. The van der Waals surface area contributed by atoms with E-state index in [0.29, 0.717) is 11.6 Å². The fourth-order valence-electron chi connectivity index (χ4n) is 2.12. The first-order valence-electron chi connectivity index (χ1n) is 8.69. The molecule has 0 aromatic rings. The van der Waals surface area contributed by atoms with Crippen molar-refractivity contribution in [2.75, 3.05) is 6.61 Å². The van der Waals surface area contributed by atoms with Gasteiger partial charge in [0.05, 0.1) is 12.3 Å². The predicted molar refractivity (Wildman–Crippen MR) is 94.9 cm³/mol. The second-order valence-electron chi connectivity index (χ2n) is 6.07. The summed E-state index contributed by atoms with van der Waals surface area (Å²) in [6, 6.07) is 0. The topological polar surface area (TPSA) is 45.4 Å². The third-order valence-corrected chi connectivity index (χ3v) is 3.35. The number of allylic oxidation sites excluding steroid dienone is 3. The van der Waals surface area contributed by atoms with Gasteiger partial charge in [-0.15, -0.1) is 0 Å².